The zero-order valence-electron chi connectivity index (χ0n) is 12.7. The van der Waals surface area contributed by atoms with Gasteiger partial charge in [-0.2, -0.15) is 0 Å². The number of hydrogen-bond donors (Lipinski definition) is 1. The molecule has 7 nitrogen and oxygen atoms in total. The number of hydroxylamine groups is 2. The van der Waals surface area contributed by atoms with Gasteiger partial charge in [0.2, 0.25) is 6.79 Å². The minimum atomic E-state index is -0.364. The predicted molar refractivity (Wildman–Crippen MR) is 82.9 cm³/mol. The lowest BCUT2D eigenvalue weighted by Gasteiger charge is -2.14. The molecule has 0 fully saturated rings. The van der Waals surface area contributed by atoms with Crippen LogP contribution in [0, 0.1) is 0 Å². The SMILES string of the molecule is CON(C)C(=O)Nc1ccc(Oc2ccc3c(c2)OCO3)cc1. The molecule has 1 aliphatic heterocycles. The molecule has 0 spiro atoms. The van der Waals surface area contributed by atoms with E-state index in [1.807, 2.05) is 0 Å². The summed E-state index contributed by atoms with van der Waals surface area (Å²) in [5.41, 5.74) is 0.636. The van der Waals surface area contributed by atoms with Crippen LogP contribution in [0.2, 0.25) is 0 Å². The van der Waals surface area contributed by atoms with Crippen molar-refractivity contribution in [3.05, 3.63) is 42.5 Å². The van der Waals surface area contributed by atoms with Crippen molar-refractivity contribution in [2.45, 2.75) is 0 Å². The van der Waals surface area contributed by atoms with Crippen LogP contribution < -0.4 is 19.5 Å². The number of nitrogens with zero attached hydrogens (tertiary/aromatic N) is 1. The highest BCUT2D eigenvalue weighted by atomic mass is 16.7. The summed E-state index contributed by atoms with van der Waals surface area (Å²) in [6.07, 6.45) is 0. The van der Waals surface area contributed by atoms with Crippen molar-refractivity contribution in [1.82, 2.24) is 5.06 Å². The normalized spacial score (nSPS) is 11.9. The Morgan fingerprint density at radius 3 is 2.52 bits per heavy atom. The fourth-order valence-electron chi connectivity index (χ4n) is 1.97. The minimum absolute atomic E-state index is 0.225. The fraction of sp³-hybridized carbons (Fsp3) is 0.188. The standard InChI is InChI=1S/C16H16N2O5/c1-18(20-2)16(19)17-11-3-5-12(6-4-11)23-13-7-8-14-15(9-13)22-10-21-14/h3-9H,10H2,1-2H3,(H,17,19). The summed E-state index contributed by atoms with van der Waals surface area (Å²) < 4.78 is 16.3. The third-order valence-electron chi connectivity index (χ3n) is 3.25. The Balaban J connectivity index is 1.64. The summed E-state index contributed by atoms with van der Waals surface area (Å²) in [5, 5.41) is 3.78. The number of urea groups is 1. The predicted octanol–water partition coefficient (Wildman–Crippen LogP) is 3.23. The van der Waals surface area contributed by atoms with E-state index in [9.17, 15) is 4.79 Å². The van der Waals surface area contributed by atoms with Gasteiger partial charge in [0.25, 0.3) is 0 Å². The molecule has 3 rings (SSSR count). The van der Waals surface area contributed by atoms with E-state index < -0.39 is 0 Å². The van der Waals surface area contributed by atoms with Crippen LogP contribution in [0.3, 0.4) is 0 Å². The third kappa shape index (κ3) is 3.46. The second kappa shape index (κ2) is 6.45. The molecule has 0 aliphatic carbocycles. The molecule has 0 atom stereocenters. The molecule has 1 aliphatic rings. The molecule has 0 radical (unpaired) electrons. The van der Waals surface area contributed by atoms with Crippen LogP contribution >= 0.6 is 0 Å². The molecule has 7 heteroatoms. The first-order valence-corrected chi connectivity index (χ1v) is 6.92. The van der Waals surface area contributed by atoms with Crippen LogP contribution in [-0.4, -0.2) is 32.0 Å². The monoisotopic (exact) mass is 316 g/mol. The topological polar surface area (TPSA) is 69.3 Å². The van der Waals surface area contributed by atoms with Crippen molar-refractivity contribution in [1.29, 1.82) is 0 Å². The zero-order valence-corrected chi connectivity index (χ0v) is 12.7. The van der Waals surface area contributed by atoms with E-state index in [1.165, 1.54) is 14.2 Å². The highest BCUT2D eigenvalue weighted by Gasteiger charge is 2.14. The lowest BCUT2D eigenvalue weighted by atomic mass is 10.3. The van der Waals surface area contributed by atoms with Gasteiger partial charge in [-0.15, -0.1) is 0 Å². The van der Waals surface area contributed by atoms with Gasteiger partial charge >= 0.3 is 6.03 Å². The summed E-state index contributed by atoms with van der Waals surface area (Å²) in [6.45, 7) is 0.225. The summed E-state index contributed by atoms with van der Waals surface area (Å²) in [6, 6.07) is 12.0. The Kier molecular flexibility index (Phi) is 4.20. The second-order valence-corrected chi connectivity index (χ2v) is 4.75. The Morgan fingerprint density at radius 1 is 1.09 bits per heavy atom. The number of anilines is 1. The van der Waals surface area contributed by atoms with E-state index in [-0.39, 0.29) is 12.8 Å². The largest absolute Gasteiger partial charge is 0.457 e. The molecule has 0 unspecified atom stereocenters. The zero-order chi connectivity index (χ0) is 16.2. The molecular weight excluding hydrogens is 300 g/mol. The van der Waals surface area contributed by atoms with Gasteiger partial charge in [-0.25, -0.2) is 9.86 Å². The molecule has 23 heavy (non-hydrogen) atoms. The van der Waals surface area contributed by atoms with E-state index in [2.05, 4.69) is 5.32 Å². The molecular formula is C16H16N2O5. The van der Waals surface area contributed by atoms with Crippen molar-refractivity contribution in [2.75, 3.05) is 26.3 Å². The van der Waals surface area contributed by atoms with Gasteiger partial charge in [0.05, 0.1) is 7.11 Å². The molecule has 2 amide bonds. The third-order valence-corrected chi connectivity index (χ3v) is 3.25. The first kappa shape index (κ1) is 15.0. The maximum atomic E-state index is 11.7. The first-order chi connectivity index (χ1) is 11.2. The number of nitrogens with one attached hydrogen (secondary N) is 1. The number of ether oxygens (including phenoxy) is 3. The van der Waals surface area contributed by atoms with E-state index >= 15 is 0 Å². The maximum absolute atomic E-state index is 11.7. The van der Waals surface area contributed by atoms with Gasteiger partial charge in [0, 0.05) is 18.8 Å². The number of rotatable bonds is 4. The van der Waals surface area contributed by atoms with E-state index in [1.54, 1.807) is 42.5 Å². The summed E-state index contributed by atoms with van der Waals surface area (Å²) in [7, 11) is 2.94. The second-order valence-electron chi connectivity index (χ2n) is 4.75. The Hall–Kier alpha value is -2.93. The molecule has 120 valence electrons. The molecule has 1 N–H and O–H groups in total. The molecule has 0 saturated heterocycles. The van der Waals surface area contributed by atoms with E-state index in [0.29, 0.717) is 28.7 Å². The van der Waals surface area contributed by atoms with Crippen LogP contribution in [-0.2, 0) is 4.84 Å². The summed E-state index contributed by atoms with van der Waals surface area (Å²) in [5.74, 6) is 2.65. The van der Waals surface area contributed by atoms with E-state index in [0.717, 1.165) is 5.06 Å². The Labute approximate surface area is 133 Å². The Morgan fingerprint density at radius 2 is 1.78 bits per heavy atom. The van der Waals surface area contributed by atoms with Gasteiger partial charge in [-0.1, -0.05) is 0 Å². The average molecular weight is 316 g/mol. The first-order valence-electron chi connectivity index (χ1n) is 6.92. The lowest BCUT2D eigenvalue weighted by Crippen LogP contribution is -2.30. The van der Waals surface area contributed by atoms with Crippen LogP contribution in [0.4, 0.5) is 10.5 Å². The number of carbonyl (C=O) groups is 1. The van der Waals surface area contributed by atoms with Crippen molar-refractivity contribution >= 4 is 11.7 Å². The highest BCUT2D eigenvalue weighted by Crippen LogP contribution is 2.36. The van der Waals surface area contributed by atoms with Crippen molar-refractivity contribution in [3.8, 4) is 23.0 Å². The highest BCUT2D eigenvalue weighted by molar-refractivity contribution is 5.88. The smallest absolute Gasteiger partial charge is 0.345 e. The number of fused-ring (bicyclic) bond motifs is 1. The van der Waals surface area contributed by atoms with Crippen LogP contribution in [0.25, 0.3) is 0 Å². The van der Waals surface area contributed by atoms with Gasteiger partial charge in [0.15, 0.2) is 11.5 Å². The van der Waals surface area contributed by atoms with Crippen LogP contribution in [0.15, 0.2) is 42.5 Å². The number of carbonyl (C=O) groups excluding carboxylic acids is 1. The van der Waals surface area contributed by atoms with Crippen LogP contribution in [0.1, 0.15) is 0 Å². The molecule has 0 aromatic heterocycles. The minimum Gasteiger partial charge on any atom is -0.457 e. The quantitative estimate of drug-likeness (QED) is 0.877. The van der Waals surface area contributed by atoms with Crippen LogP contribution in [0.5, 0.6) is 23.0 Å². The molecule has 0 bridgehead atoms. The number of hydrogen-bond acceptors (Lipinski definition) is 5. The summed E-state index contributed by atoms with van der Waals surface area (Å²) in [4.78, 5) is 16.5. The molecule has 0 saturated carbocycles. The number of amides is 2. The van der Waals surface area contributed by atoms with Crippen molar-refractivity contribution in [3.63, 3.8) is 0 Å². The van der Waals surface area contributed by atoms with Gasteiger partial charge in [-0.3, -0.25) is 4.84 Å². The van der Waals surface area contributed by atoms with Gasteiger partial charge in [-0.05, 0) is 36.4 Å². The van der Waals surface area contributed by atoms with Gasteiger partial charge in [0.1, 0.15) is 11.5 Å². The molecule has 2 aromatic rings. The van der Waals surface area contributed by atoms with Gasteiger partial charge < -0.3 is 19.5 Å². The molecule has 2 aromatic carbocycles. The lowest BCUT2D eigenvalue weighted by molar-refractivity contribution is -0.0598. The average Bonchev–Trinajstić information content (AvgIpc) is 3.03. The van der Waals surface area contributed by atoms with E-state index in [4.69, 9.17) is 19.0 Å². The maximum Gasteiger partial charge on any atom is 0.345 e. The Bertz CT molecular complexity index is 702. The summed E-state index contributed by atoms with van der Waals surface area (Å²) >= 11 is 0. The van der Waals surface area contributed by atoms with Crippen molar-refractivity contribution in [2.24, 2.45) is 0 Å². The molecule has 1 heterocycles. The van der Waals surface area contributed by atoms with Crippen molar-refractivity contribution < 1.29 is 23.8 Å². The number of benzene rings is 2. The fourth-order valence-corrected chi connectivity index (χ4v) is 1.97.